The first-order chi connectivity index (χ1) is 12.0. The van der Waals surface area contributed by atoms with Gasteiger partial charge in [0.25, 0.3) is 0 Å². The summed E-state index contributed by atoms with van der Waals surface area (Å²) < 4.78 is 7.18. The third kappa shape index (κ3) is 5.87. The zero-order valence-electron chi connectivity index (χ0n) is 15.1. The molecule has 1 aromatic heterocycles. The molecule has 136 valence electrons. The van der Waals surface area contributed by atoms with Gasteiger partial charge in [-0.25, -0.2) is 4.98 Å². The van der Waals surface area contributed by atoms with Crippen LogP contribution in [-0.2, 0) is 22.6 Å². The maximum absolute atomic E-state index is 12.5. The van der Waals surface area contributed by atoms with Crippen molar-refractivity contribution in [2.24, 2.45) is 5.92 Å². The number of carbonyl (C=O) groups excluding carboxylic acids is 1. The van der Waals surface area contributed by atoms with Gasteiger partial charge in [0.15, 0.2) is 0 Å². The number of amides is 1. The van der Waals surface area contributed by atoms with E-state index in [2.05, 4.69) is 4.98 Å². The van der Waals surface area contributed by atoms with Crippen LogP contribution in [0.25, 0.3) is 0 Å². The van der Waals surface area contributed by atoms with E-state index in [1.54, 1.807) is 13.3 Å². The molecule has 0 spiro atoms. The van der Waals surface area contributed by atoms with Crippen LogP contribution in [0.4, 0.5) is 0 Å². The predicted octanol–water partition coefficient (Wildman–Crippen LogP) is 3.61. The Morgan fingerprint density at radius 2 is 2.12 bits per heavy atom. The second kappa shape index (κ2) is 9.59. The van der Waals surface area contributed by atoms with Gasteiger partial charge < -0.3 is 14.2 Å². The normalized spacial score (nSPS) is 11.1. The van der Waals surface area contributed by atoms with Crippen LogP contribution in [0.1, 0.15) is 31.7 Å². The predicted molar refractivity (Wildman–Crippen MR) is 99.5 cm³/mol. The molecular weight excluding hydrogens is 338 g/mol. The Kier molecular flexibility index (Phi) is 7.47. The molecule has 0 unspecified atom stereocenters. The van der Waals surface area contributed by atoms with Crippen LogP contribution in [0.15, 0.2) is 36.7 Å². The first-order valence-corrected chi connectivity index (χ1v) is 8.89. The second-order valence-corrected chi connectivity index (χ2v) is 6.88. The van der Waals surface area contributed by atoms with E-state index in [4.69, 9.17) is 16.3 Å². The highest BCUT2D eigenvalue weighted by molar-refractivity contribution is 6.31. The van der Waals surface area contributed by atoms with Gasteiger partial charge in [-0.3, -0.25) is 4.79 Å². The number of aromatic nitrogens is 2. The van der Waals surface area contributed by atoms with E-state index < -0.39 is 0 Å². The van der Waals surface area contributed by atoms with Crippen LogP contribution in [0.3, 0.4) is 0 Å². The summed E-state index contributed by atoms with van der Waals surface area (Å²) >= 11 is 6.26. The van der Waals surface area contributed by atoms with E-state index in [9.17, 15) is 4.79 Å². The minimum atomic E-state index is 0.124. The summed E-state index contributed by atoms with van der Waals surface area (Å²) in [6.45, 7) is 6.25. The van der Waals surface area contributed by atoms with Gasteiger partial charge in [-0.2, -0.15) is 0 Å². The summed E-state index contributed by atoms with van der Waals surface area (Å²) in [7, 11) is 1.64. The van der Waals surface area contributed by atoms with Crippen LogP contribution < -0.4 is 0 Å². The zero-order chi connectivity index (χ0) is 18.2. The van der Waals surface area contributed by atoms with Crippen molar-refractivity contribution in [3.63, 3.8) is 0 Å². The molecule has 2 rings (SSSR count). The Bertz CT molecular complexity index is 685. The second-order valence-electron chi connectivity index (χ2n) is 6.47. The van der Waals surface area contributed by atoms with Crippen molar-refractivity contribution >= 4 is 17.5 Å². The summed E-state index contributed by atoms with van der Waals surface area (Å²) in [5.74, 6) is 1.29. The lowest BCUT2D eigenvalue weighted by molar-refractivity contribution is -0.133. The van der Waals surface area contributed by atoms with Crippen molar-refractivity contribution < 1.29 is 9.53 Å². The number of nitrogens with zero attached hydrogens (tertiary/aromatic N) is 3. The molecule has 5 nitrogen and oxygen atoms in total. The van der Waals surface area contributed by atoms with Gasteiger partial charge in [-0.05, 0) is 17.5 Å². The van der Waals surface area contributed by atoms with E-state index in [1.165, 1.54) is 0 Å². The van der Waals surface area contributed by atoms with E-state index in [0.29, 0.717) is 38.6 Å². The van der Waals surface area contributed by atoms with Crippen molar-refractivity contribution in [3.8, 4) is 0 Å². The number of carbonyl (C=O) groups is 1. The topological polar surface area (TPSA) is 47.4 Å². The molecule has 0 radical (unpaired) electrons. The summed E-state index contributed by atoms with van der Waals surface area (Å²) in [5, 5.41) is 0.731. The minimum Gasteiger partial charge on any atom is -0.383 e. The smallest absolute Gasteiger partial charge is 0.223 e. The van der Waals surface area contributed by atoms with Crippen LogP contribution in [0.2, 0.25) is 5.02 Å². The Morgan fingerprint density at radius 1 is 1.36 bits per heavy atom. The molecule has 1 aromatic carbocycles. The highest BCUT2D eigenvalue weighted by Gasteiger charge is 2.17. The third-order valence-corrected chi connectivity index (χ3v) is 4.30. The van der Waals surface area contributed by atoms with Crippen molar-refractivity contribution in [3.05, 3.63) is 53.1 Å². The number of methoxy groups -OCH3 is 1. The summed E-state index contributed by atoms with van der Waals surface area (Å²) in [4.78, 5) is 18.8. The standard InChI is InChI=1S/C19H26ClN3O2/c1-15(2)12-19(24)23(10-11-25-3)14-18-21-8-9-22(18)13-16-6-4-5-7-17(16)20/h4-9,15H,10-14H2,1-3H3. The largest absolute Gasteiger partial charge is 0.383 e. The van der Waals surface area contributed by atoms with Gasteiger partial charge in [0.05, 0.1) is 19.7 Å². The molecule has 0 bridgehead atoms. The van der Waals surface area contributed by atoms with Gasteiger partial charge in [-0.1, -0.05) is 43.6 Å². The van der Waals surface area contributed by atoms with Crippen molar-refractivity contribution in [2.75, 3.05) is 20.3 Å². The Morgan fingerprint density at radius 3 is 2.80 bits per heavy atom. The van der Waals surface area contributed by atoms with Gasteiger partial charge in [-0.15, -0.1) is 0 Å². The third-order valence-electron chi connectivity index (χ3n) is 3.93. The number of benzene rings is 1. The zero-order valence-corrected chi connectivity index (χ0v) is 15.9. The molecule has 2 aromatic rings. The van der Waals surface area contributed by atoms with Crippen LogP contribution >= 0.6 is 11.6 Å². The monoisotopic (exact) mass is 363 g/mol. The first kappa shape index (κ1) is 19.5. The Balaban J connectivity index is 2.13. The number of imidazole rings is 1. The molecule has 0 aliphatic heterocycles. The minimum absolute atomic E-state index is 0.124. The molecule has 1 heterocycles. The molecule has 0 atom stereocenters. The van der Waals surface area contributed by atoms with E-state index in [-0.39, 0.29) is 5.91 Å². The Hall–Kier alpha value is -1.85. The highest BCUT2D eigenvalue weighted by Crippen LogP contribution is 2.17. The quantitative estimate of drug-likeness (QED) is 0.683. The summed E-state index contributed by atoms with van der Waals surface area (Å²) in [6.07, 6.45) is 4.20. The van der Waals surface area contributed by atoms with E-state index >= 15 is 0 Å². The fourth-order valence-corrected chi connectivity index (χ4v) is 2.78. The lowest BCUT2D eigenvalue weighted by Crippen LogP contribution is -2.35. The van der Waals surface area contributed by atoms with Crippen LogP contribution in [0, 0.1) is 5.92 Å². The number of hydrogen-bond donors (Lipinski definition) is 0. The average Bonchev–Trinajstić information content (AvgIpc) is 2.99. The molecule has 0 fully saturated rings. The van der Waals surface area contributed by atoms with Gasteiger partial charge >= 0.3 is 0 Å². The van der Waals surface area contributed by atoms with Gasteiger partial charge in [0.2, 0.25) is 5.91 Å². The molecule has 0 saturated carbocycles. The fraction of sp³-hybridized carbons (Fsp3) is 0.474. The first-order valence-electron chi connectivity index (χ1n) is 8.51. The van der Waals surface area contributed by atoms with Gasteiger partial charge in [0.1, 0.15) is 5.82 Å². The van der Waals surface area contributed by atoms with E-state index in [0.717, 1.165) is 16.4 Å². The molecular formula is C19H26ClN3O2. The fourth-order valence-electron chi connectivity index (χ4n) is 2.59. The summed E-state index contributed by atoms with van der Waals surface area (Å²) in [6, 6.07) is 7.76. The van der Waals surface area contributed by atoms with Gasteiger partial charge in [0, 0.05) is 37.5 Å². The molecule has 25 heavy (non-hydrogen) atoms. The van der Waals surface area contributed by atoms with E-state index in [1.807, 2.05) is 53.8 Å². The maximum atomic E-state index is 12.5. The Labute approximate surface area is 154 Å². The molecule has 1 amide bonds. The van der Waals surface area contributed by atoms with Crippen molar-refractivity contribution in [2.45, 2.75) is 33.4 Å². The molecule has 0 saturated heterocycles. The molecule has 0 N–H and O–H groups in total. The number of hydrogen-bond acceptors (Lipinski definition) is 3. The maximum Gasteiger partial charge on any atom is 0.223 e. The number of rotatable bonds is 9. The average molecular weight is 364 g/mol. The summed E-state index contributed by atoms with van der Waals surface area (Å²) in [5.41, 5.74) is 1.03. The SMILES string of the molecule is COCCN(Cc1nccn1Cc1ccccc1Cl)C(=O)CC(C)C. The molecule has 6 heteroatoms. The number of ether oxygens (including phenoxy) is 1. The van der Waals surface area contributed by atoms with Crippen molar-refractivity contribution in [1.29, 1.82) is 0 Å². The lowest BCUT2D eigenvalue weighted by Gasteiger charge is -2.23. The lowest BCUT2D eigenvalue weighted by atomic mass is 10.1. The van der Waals surface area contributed by atoms with Crippen LogP contribution in [0.5, 0.6) is 0 Å². The van der Waals surface area contributed by atoms with Crippen LogP contribution in [-0.4, -0.2) is 40.6 Å². The molecule has 0 aliphatic carbocycles. The molecule has 0 aliphatic rings. The number of halogens is 1. The highest BCUT2D eigenvalue weighted by atomic mass is 35.5. The van der Waals surface area contributed by atoms with Crippen molar-refractivity contribution in [1.82, 2.24) is 14.5 Å².